The Kier molecular flexibility index (Phi) is 11.0. The van der Waals surface area contributed by atoms with E-state index < -0.39 is 17.7 Å². The van der Waals surface area contributed by atoms with Gasteiger partial charge in [-0.15, -0.1) is 11.8 Å². The zero-order valence-electron chi connectivity index (χ0n) is 20.9. The van der Waals surface area contributed by atoms with E-state index in [9.17, 15) is 18.4 Å². The van der Waals surface area contributed by atoms with Gasteiger partial charge in [-0.25, -0.2) is 8.78 Å². The lowest BCUT2D eigenvalue weighted by molar-refractivity contribution is -0.139. The molecule has 0 saturated carbocycles. The van der Waals surface area contributed by atoms with E-state index in [1.54, 1.807) is 24.3 Å². The van der Waals surface area contributed by atoms with Gasteiger partial charge in [-0.2, -0.15) is 0 Å². The highest BCUT2D eigenvalue weighted by atomic mass is 35.5. The van der Waals surface area contributed by atoms with Crippen LogP contribution < -0.4 is 5.32 Å². The van der Waals surface area contributed by atoms with Crippen LogP contribution in [0.2, 0.25) is 5.02 Å². The lowest BCUT2D eigenvalue weighted by Gasteiger charge is -2.32. The summed E-state index contributed by atoms with van der Waals surface area (Å²) in [5.74, 6) is -1.38. The molecule has 4 nitrogen and oxygen atoms in total. The van der Waals surface area contributed by atoms with Crippen molar-refractivity contribution in [1.29, 1.82) is 0 Å². The van der Waals surface area contributed by atoms with Crippen molar-refractivity contribution in [3.05, 3.63) is 106 Å². The first kappa shape index (κ1) is 28.7. The van der Waals surface area contributed by atoms with Gasteiger partial charge in [-0.1, -0.05) is 73.1 Å². The average Bonchev–Trinajstić information content (AvgIpc) is 2.89. The van der Waals surface area contributed by atoms with Crippen molar-refractivity contribution in [1.82, 2.24) is 10.2 Å². The standard InChI is InChI=1S/C29H31ClF2N2O2S/c1-3-20(2)33-29(36)27(16-21-10-5-4-6-11-21)34(17-22-12-7-8-14-25(22)31)28(35)19-37-18-23-24(30)13-9-15-26(23)32/h4-15,20,27H,3,16-19H2,1-2H3,(H,33,36)/t20-,27-/m0/s1. The largest absolute Gasteiger partial charge is 0.352 e. The lowest BCUT2D eigenvalue weighted by atomic mass is 10.0. The Bertz CT molecular complexity index is 1180. The van der Waals surface area contributed by atoms with E-state index in [1.807, 2.05) is 44.2 Å². The zero-order valence-corrected chi connectivity index (χ0v) is 22.5. The van der Waals surface area contributed by atoms with E-state index in [0.717, 1.165) is 12.0 Å². The number of halogens is 3. The molecule has 2 atom stereocenters. The molecular weight excluding hydrogens is 514 g/mol. The monoisotopic (exact) mass is 544 g/mol. The van der Waals surface area contributed by atoms with Crippen molar-refractivity contribution in [2.75, 3.05) is 5.75 Å². The average molecular weight is 545 g/mol. The smallest absolute Gasteiger partial charge is 0.243 e. The molecule has 2 amide bonds. The van der Waals surface area contributed by atoms with Crippen LogP contribution in [0.3, 0.4) is 0 Å². The number of carbonyl (C=O) groups excluding carboxylic acids is 2. The van der Waals surface area contributed by atoms with E-state index in [1.165, 1.54) is 34.9 Å². The molecule has 0 spiro atoms. The van der Waals surface area contributed by atoms with Crippen LogP contribution in [-0.4, -0.2) is 34.6 Å². The molecule has 3 rings (SSSR count). The van der Waals surface area contributed by atoms with Crippen LogP contribution in [0, 0.1) is 11.6 Å². The van der Waals surface area contributed by atoms with Gasteiger partial charge in [0.1, 0.15) is 17.7 Å². The first-order chi connectivity index (χ1) is 17.8. The van der Waals surface area contributed by atoms with Gasteiger partial charge < -0.3 is 10.2 Å². The van der Waals surface area contributed by atoms with E-state index in [2.05, 4.69) is 5.32 Å². The topological polar surface area (TPSA) is 49.4 Å². The molecule has 0 aliphatic heterocycles. The van der Waals surface area contributed by atoms with E-state index in [-0.39, 0.29) is 47.4 Å². The third kappa shape index (κ3) is 8.30. The minimum absolute atomic E-state index is 0.0268. The van der Waals surface area contributed by atoms with E-state index in [4.69, 9.17) is 11.6 Å². The van der Waals surface area contributed by atoms with Gasteiger partial charge in [0.05, 0.1) is 5.75 Å². The summed E-state index contributed by atoms with van der Waals surface area (Å²) in [6, 6.07) is 19.1. The predicted octanol–water partition coefficient (Wildman–Crippen LogP) is 6.41. The number of hydrogen-bond donors (Lipinski definition) is 1. The summed E-state index contributed by atoms with van der Waals surface area (Å²) < 4.78 is 28.8. The molecule has 37 heavy (non-hydrogen) atoms. The molecule has 0 unspecified atom stereocenters. The number of benzene rings is 3. The summed E-state index contributed by atoms with van der Waals surface area (Å²) in [7, 11) is 0. The fourth-order valence-corrected chi connectivity index (χ4v) is 5.05. The van der Waals surface area contributed by atoms with Gasteiger partial charge in [-0.3, -0.25) is 9.59 Å². The summed E-state index contributed by atoms with van der Waals surface area (Å²) >= 11 is 7.33. The van der Waals surface area contributed by atoms with E-state index >= 15 is 0 Å². The Hall–Kier alpha value is -2.90. The summed E-state index contributed by atoms with van der Waals surface area (Å²) in [5.41, 5.74) is 1.51. The van der Waals surface area contributed by atoms with Gasteiger partial charge in [0.25, 0.3) is 0 Å². The number of rotatable bonds is 12. The SMILES string of the molecule is CC[C@H](C)NC(=O)[C@H](Cc1ccccc1)N(Cc1ccccc1F)C(=O)CSCc1c(F)cccc1Cl. The first-order valence-electron chi connectivity index (χ1n) is 12.2. The number of hydrogen-bond acceptors (Lipinski definition) is 3. The van der Waals surface area contributed by atoms with Crippen molar-refractivity contribution >= 4 is 35.2 Å². The van der Waals surface area contributed by atoms with E-state index in [0.29, 0.717) is 11.1 Å². The molecule has 0 fully saturated rings. The molecule has 0 heterocycles. The third-order valence-corrected chi connectivity index (χ3v) is 7.40. The molecule has 0 aliphatic rings. The maximum Gasteiger partial charge on any atom is 0.243 e. The molecule has 0 saturated heterocycles. The van der Waals surface area contributed by atoms with Crippen molar-refractivity contribution in [3.63, 3.8) is 0 Å². The van der Waals surface area contributed by atoms with Gasteiger partial charge in [0, 0.05) is 40.9 Å². The second-order valence-electron chi connectivity index (χ2n) is 8.83. The Morgan fingerprint density at radius 3 is 2.32 bits per heavy atom. The molecule has 8 heteroatoms. The quantitative estimate of drug-likeness (QED) is 0.287. The van der Waals surface area contributed by atoms with Crippen LogP contribution in [0.25, 0.3) is 0 Å². The molecule has 3 aromatic rings. The summed E-state index contributed by atoms with van der Waals surface area (Å²) in [5, 5.41) is 3.27. The second-order valence-corrected chi connectivity index (χ2v) is 10.2. The molecule has 3 aromatic carbocycles. The van der Waals surface area contributed by atoms with Crippen LogP contribution in [0.5, 0.6) is 0 Å². The maximum absolute atomic E-state index is 14.6. The molecule has 0 bridgehead atoms. The molecule has 0 aromatic heterocycles. The lowest BCUT2D eigenvalue weighted by Crippen LogP contribution is -2.52. The highest BCUT2D eigenvalue weighted by Crippen LogP contribution is 2.25. The molecule has 0 aliphatic carbocycles. The van der Waals surface area contributed by atoms with Crippen LogP contribution in [0.4, 0.5) is 8.78 Å². The van der Waals surface area contributed by atoms with Crippen molar-refractivity contribution in [3.8, 4) is 0 Å². The number of thioether (sulfide) groups is 1. The molecule has 0 radical (unpaired) electrons. The van der Waals surface area contributed by atoms with Crippen LogP contribution in [-0.2, 0) is 28.3 Å². The highest BCUT2D eigenvalue weighted by Gasteiger charge is 2.31. The number of nitrogens with zero attached hydrogens (tertiary/aromatic N) is 1. The third-order valence-electron chi connectivity index (χ3n) is 6.10. The summed E-state index contributed by atoms with van der Waals surface area (Å²) in [4.78, 5) is 28.5. The van der Waals surface area contributed by atoms with Gasteiger partial charge in [0.15, 0.2) is 0 Å². The van der Waals surface area contributed by atoms with Gasteiger partial charge in [-0.05, 0) is 37.1 Å². The number of carbonyl (C=O) groups is 2. The highest BCUT2D eigenvalue weighted by molar-refractivity contribution is 7.99. The number of nitrogens with one attached hydrogen (secondary N) is 1. The Morgan fingerprint density at radius 2 is 1.65 bits per heavy atom. The fraction of sp³-hybridized carbons (Fsp3) is 0.310. The number of amides is 2. The fourth-order valence-electron chi connectivity index (χ4n) is 3.80. The Labute approximate surface area is 226 Å². The van der Waals surface area contributed by atoms with Crippen molar-refractivity contribution < 1.29 is 18.4 Å². The minimum atomic E-state index is -0.860. The van der Waals surface area contributed by atoms with Crippen LogP contribution in [0.1, 0.15) is 37.0 Å². The molecule has 196 valence electrons. The Morgan fingerprint density at radius 1 is 0.973 bits per heavy atom. The summed E-state index contributed by atoms with van der Waals surface area (Å²) in [6.45, 7) is 3.79. The Balaban J connectivity index is 1.89. The molecule has 1 N–H and O–H groups in total. The van der Waals surface area contributed by atoms with Crippen LogP contribution >= 0.6 is 23.4 Å². The van der Waals surface area contributed by atoms with Crippen molar-refractivity contribution in [2.45, 2.75) is 51.1 Å². The maximum atomic E-state index is 14.6. The first-order valence-corrected chi connectivity index (χ1v) is 13.7. The van der Waals surface area contributed by atoms with Gasteiger partial charge >= 0.3 is 0 Å². The van der Waals surface area contributed by atoms with Gasteiger partial charge in [0.2, 0.25) is 11.8 Å². The molecular formula is C29H31ClF2N2O2S. The van der Waals surface area contributed by atoms with Crippen molar-refractivity contribution in [2.24, 2.45) is 0 Å². The normalized spacial score (nSPS) is 12.6. The van der Waals surface area contributed by atoms with Crippen LogP contribution in [0.15, 0.2) is 72.8 Å². The predicted molar refractivity (Wildman–Crippen MR) is 146 cm³/mol. The second kappa shape index (κ2) is 14.1. The summed E-state index contributed by atoms with van der Waals surface area (Å²) in [6.07, 6.45) is 0.997. The zero-order chi connectivity index (χ0) is 26.8. The minimum Gasteiger partial charge on any atom is -0.352 e.